The van der Waals surface area contributed by atoms with Gasteiger partial charge in [0.15, 0.2) is 0 Å². The van der Waals surface area contributed by atoms with Crippen LogP contribution >= 0.6 is 34.8 Å². The standard InChI is InChI=1S/C16H15Cl3FN/c1-3-21-16(12-7-10(17)4-5-13(12)18)11-6-9(2)15(20)8-14(11)19/h4-8,16,21H,3H2,1-2H3. The molecule has 1 unspecified atom stereocenters. The van der Waals surface area contributed by atoms with E-state index in [2.05, 4.69) is 5.32 Å². The lowest BCUT2D eigenvalue weighted by Gasteiger charge is -2.22. The quantitative estimate of drug-likeness (QED) is 0.738. The van der Waals surface area contributed by atoms with Crippen LogP contribution in [0.15, 0.2) is 30.3 Å². The number of nitrogens with one attached hydrogen (secondary N) is 1. The van der Waals surface area contributed by atoms with Gasteiger partial charge in [-0.15, -0.1) is 0 Å². The topological polar surface area (TPSA) is 12.0 Å². The molecule has 0 saturated heterocycles. The molecule has 0 bridgehead atoms. The largest absolute Gasteiger partial charge is 0.306 e. The summed E-state index contributed by atoms with van der Waals surface area (Å²) in [6.07, 6.45) is 0. The number of hydrogen-bond acceptors (Lipinski definition) is 1. The first-order chi connectivity index (χ1) is 9.93. The van der Waals surface area contributed by atoms with Gasteiger partial charge >= 0.3 is 0 Å². The minimum atomic E-state index is -0.323. The average molecular weight is 347 g/mol. The first-order valence-electron chi connectivity index (χ1n) is 6.58. The SMILES string of the molecule is CCNC(c1cc(Cl)ccc1Cl)c1cc(C)c(F)cc1Cl. The van der Waals surface area contributed by atoms with E-state index in [1.54, 1.807) is 31.2 Å². The molecule has 0 aliphatic rings. The summed E-state index contributed by atoms with van der Waals surface area (Å²) in [6, 6.07) is 8.10. The van der Waals surface area contributed by atoms with Gasteiger partial charge in [-0.3, -0.25) is 0 Å². The Balaban J connectivity index is 2.58. The van der Waals surface area contributed by atoms with Crippen LogP contribution in [0.3, 0.4) is 0 Å². The Morgan fingerprint density at radius 1 is 1.05 bits per heavy atom. The van der Waals surface area contributed by atoms with Gasteiger partial charge in [0.2, 0.25) is 0 Å². The van der Waals surface area contributed by atoms with E-state index in [0.717, 1.165) is 11.1 Å². The van der Waals surface area contributed by atoms with Crippen molar-refractivity contribution >= 4 is 34.8 Å². The lowest BCUT2D eigenvalue weighted by molar-refractivity contribution is 0.606. The van der Waals surface area contributed by atoms with Crippen LogP contribution in [0.25, 0.3) is 0 Å². The van der Waals surface area contributed by atoms with Crippen molar-refractivity contribution in [2.24, 2.45) is 0 Å². The summed E-state index contributed by atoms with van der Waals surface area (Å²) in [5, 5.41) is 4.86. The Kier molecular flexibility index (Phi) is 5.50. The van der Waals surface area contributed by atoms with Crippen molar-refractivity contribution in [2.75, 3.05) is 6.54 Å². The van der Waals surface area contributed by atoms with Gasteiger partial charge in [0, 0.05) is 15.1 Å². The lowest BCUT2D eigenvalue weighted by Crippen LogP contribution is -2.23. The van der Waals surface area contributed by atoms with Crippen LogP contribution in [-0.2, 0) is 0 Å². The van der Waals surface area contributed by atoms with E-state index >= 15 is 0 Å². The highest BCUT2D eigenvalue weighted by atomic mass is 35.5. The van der Waals surface area contributed by atoms with Crippen molar-refractivity contribution in [3.63, 3.8) is 0 Å². The van der Waals surface area contributed by atoms with Gasteiger partial charge in [-0.05, 0) is 60.5 Å². The van der Waals surface area contributed by atoms with Crippen LogP contribution in [0.4, 0.5) is 4.39 Å². The highest BCUT2D eigenvalue weighted by molar-refractivity contribution is 6.34. The Hall–Kier alpha value is -0.800. The molecule has 0 aliphatic carbocycles. The summed E-state index contributed by atoms with van der Waals surface area (Å²) >= 11 is 18.6. The zero-order chi connectivity index (χ0) is 15.6. The van der Waals surface area contributed by atoms with Crippen LogP contribution in [0.2, 0.25) is 15.1 Å². The zero-order valence-corrected chi connectivity index (χ0v) is 14.0. The third-order valence-corrected chi connectivity index (χ3v) is 4.17. The van der Waals surface area contributed by atoms with Gasteiger partial charge in [0.1, 0.15) is 5.82 Å². The van der Waals surface area contributed by atoms with E-state index in [1.165, 1.54) is 6.07 Å². The molecule has 112 valence electrons. The molecule has 0 spiro atoms. The van der Waals surface area contributed by atoms with E-state index in [1.807, 2.05) is 6.92 Å². The second kappa shape index (κ2) is 6.97. The number of benzene rings is 2. The maximum atomic E-state index is 13.6. The van der Waals surface area contributed by atoms with Gasteiger partial charge in [0.05, 0.1) is 6.04 Å². The molecule has 0 aromatic heterocycles. The fourth-order valence-electron chi connectivity index (χ4n) is 2.23. The fourth-order valence-corrected chi connectivity index (χ4v) is 2.89. The lowest BCUT2D eigenvalue weighted by atomic mass is 9.97. The van der Waals surface area contributed by atoms with Crippen LogP contribution in [0.1, 0.15) is 29.7 Å². The van der Waals surface area contributed by atoms with Crippen LogP contribution < -0.4 is 5.32 Å². The maximum Gasteiger partial charge on any atom is 0.127 e. The first-order valence-corrected chi connectivity index (χ1v) is 7.71. The third-order valence-electron chi connectivity index (χ3n) is 3.27. The number of hydrogen-bond donors (Lipinski definition) is 1. The van der Waals surface area contributed by atoms with E-state index in [4.69, 9.17) is 34.8 Å². The van der Waals surface area contributed by atoms with Gasteiger partial charge in [-0.1, -0.05) is 41.7 Å². The van der Waals surface area contributed by atoms with E-state index in [9.17, 15) is 4.39 Å². The zero-order valence-electron chi connectivity index (χ0n) is 11.7. The Labute approximate surface area is 139 Å². The van der Waals surface area contributed by atoms with Gasteiger partial charge in [0.25, 0.3) is 0 Å². The van der Waals surface area contributed by atoms with Crippen LogP contribution in [-0.4, -0.2) is 6.54 Å². The molecule has 2 aromatic rings. The van der Waals surface area contributed by atoms with Crippen LogP contribution in [0.5, 0.6) is 0 Å². The van der Waals surface area contributed by atoms with Crippen molar-refractivity contribution in [3.05, 3.63) is 67.9 Å². The van der Waals surface area contributed by atoms with Gasteiger partial charge < -0.3 is 5.32 Å². The predicted molar refractivity (Wildman–Crippen MR) is 88.1 cm³/mol. The summed E-state index contributed by atoms with van der Waals surface area (Å²) in [6.45, 7) is 4.40. The van der Waals surface area contributed by atoms with Gasteiger partial charge in [-0.2, -0.15) is 0 Å². The number of rotatable bonds is 4. The Morgan fingerprint density at radius 3 is 2.38 bits per heavy atom. The predicted octanol–water partition coefficient (Wildman–Crippen LogP) is 5.79. The highest BCUT2D eigenvalue weighted by Crippen LogP contribution is 2.35. The number of halogens is 4. The molecular formula is C16H15Cl3FN. The molecule has 0 saturated carbocycles. The molecule has 1 atom stereocenters. The van der Waals surface area contributed by atoms with Crippen molar-refractivity contribution in [2.45, 2.75) is 19.9 Å². The molecule has 0 radical (unpaired) electrons. The smallest absolute Gasteiger partial charge is 0.127 e. The second-order valence-electron chi connectivity index (χ2n) is 4.78. The second-order valence-corrected chi connectivity index (χ2v) is 6.03. The summed E-state index contributed by atoms with van der Waals surface area (Å²) in [5.41, 5.74) is 2.14. The molecule has 2 aromatic carbocycles. The minimum Gasteiger partial charge on any atom is -0.306 e. The Bertz CT molecular complexity index is 658. The molecular weight excluding hydrogens is 332 g/mol. The highest BCUT2D eigenvalue weighted by Gasteiger charge is 2.20. The molecule has 0 fully saturated rings. The molecule has 2 rings (SSSR count). The van der Waals surface area contributed by atoms with Crippen molar-refractivity contribution in [1.29, 1.82) is 0 Å². The van der Waals surface area contributed by atoms with E-state index < -0.39 is 0 Å². The monoisotopic (exact) mass is 345 g/mol. The fraction of sp³-hybridized carbons (Fsp3) is 0.250. The summed E-state index contributed by atoms with van der Waals surface area (Å²) in [7, 11) is 0. The van der Waals surface area contributed by atoms with Crippen molar-refractivity contribution in [3.8, 4) is 0 Å². The first kappa shape index (κ1) is 16.6. The maximum absolute atomic E-state index is 13.6. The van der Waals surface area contributed by atoms with Crippen LogP contribution in [0, 0.1) is 12.7 Å². The normalized spacial score (nSPS) is 12.5. The van der Waals surface area contributed by atoms with E-state index in [-0.39, 0.29) is 11.9 Å². The Morgan fingerprint density at radius 2 is 1.71 bits per heavy atom. The van der Waals surface area contributed by atoms with Crippen molar-refractivity contribution in [1.82, 2.24) is 5.32 Å². The van der Waals surface area contributed by atoms with Crippen molar-refractivity contribution < 1.29 is 4.39 Å². The molecule has 0 heterocycles. The summed E-state index contributed by atoms with van der Waals surface area (Å²) in [5.74, 6) is -0.323. The molecule has 0 amide bonds. The minimum absolute atomic E-state index is 0.243. The number of aryl methyl sites for hydroxylation is 1. The summed E-state index contributed by atoms with van der Waals surface area (Å²) < 4.78 is 13.6. The molecule has 1 nitrogen and oxygen atoms in total. The molecule has 0 aliphatic heterocycles. The third kappa shape index (κ3) is 3.70. The molecule has 1 N–H and O–H groups in total. The van der Waals surface area contributed by atoms with E-state index in [0.29, 0.717) is 27.2 Å². The summed E-state index contributed by atoms with van der Waals surface area (Å²) in [4.78, 5) is 0. The average Bonchev–Trinajstić information content (AvgIpc) is 2.43. The molecule has 5 heteroatoms. The molecule has 21 heavy (non-hydrogen) atoms. The van der Waals surface area contributed by atoms with Gasteiger partial charge in [-0.25, -0.2) is 4.39 Å².